The number of aliphatic carboxylic acids is 4. The van der Waals surface area contributed by atoms with Crippen molar-refractivity contribution >= 4 is 53.0 Å². The Morgan fingerprint density at radius 2 is 1.16 bits per heavy atom. The summed E-state index contributed by atoms with van der Waals surface area (Å²) in [5, 5.41) is 40.2. The summed E-state index contributed by atoms with van der Waals surface area (Å²) in [7, 11) is 0. The van der Waals surface area contributed by atoms with Crippen molar-refractivity contribution in [2.75, 3.05) is 6.61 Å². The molecule has 4 aliphatic rings. The van der Waals surface area contributed by atoms with Crippen LogP contribution in [0.25, 0.3) is 0 Å². The molecule has 4 aliphatic carbocycles. The molecule has 0 spiro atoms. The zero-order valence-corrected chi connectivity index (χ0v) is 26.8. The summed E-state index contributed by atoms with van der Waals surface area (Å²) in [5.74, 6) is -6.98. The lowest BCUT2D eigenvalue weighted by atomic mass is 9.73. The molecule has 4 fully saturated rings. The van der Waals surface area contributed by atoms with E-state index in [4.69, 9.17) is 28.0 Å². The van der Waals surface area contributed by atoms with Crippen molar-refractivity contribution < 1.29 is 49.2 Å². The third-order valence-corrected chi connectivity index (χ3v) is 11.8. The molecule has 45 heavy (non-hydrogen) atoms. The quantitative estimate of drug-likeness (QED) is 0.129. The van der Waals surface area contributed by atoms with Crippen LogP contribution in [0.5, 0.6) is 0 Å². The Labute approximate surface area is 272 Å². The fourth-order valence-corrected chi connectivity index (χ4v) is 9.04. The number of nitrogens with one attached hydrogen (secondary N) is 2. The SMILES string of the molecule is O=C(O)C1CCC(C(=O)O)C(CONC2CCC(CC3CCC(C(=O)NC4CC(C(=O)O)CCC4C(=O)O)C(Cl)C3)CC2Cl)C1. The van der Waals surface area contributed by atoms with Crippen LogP contribution in [-0.2, 0) is 28.8 Å². The first-order chi connectivity index (χ1) is 21.3. The number of alkyl halides is 2. The number of carboxylic acid groups (broad SMARTS) is 4. The molecule has 1 amide bonds. The molecule has 6 N–H and O–H groups in total. The number of hydroxylamine groups is 1. The van der Waals surface area contributed by atoms with Crippen molar-refractivity contribution in [1.82, 2.24) is 10.8 Å². The molecule has 12 unspecified atom stereocenters. The van der Waals surface area contributed by atoms with Gasteiger partial charge in [0.05, 0.1) is 41.6 Å². The molecule has 0 heterocycles. The summed E-state index contributed by atoms with van der Waals surface area (Å²) in [6.07, 6.45) is 6.94. The lowest BCUT2D eigenvalue weighted by molar-refractivity contribution is -0.153. The molecule has 14 heteroatoms. The van der Waals surface area contributed by atoms with Gasteiger partial charge in [-0.25, -0.2) is 0 Å². The van der Waals surface area contributed by atoms with Crippen molar-refractivity contribution in [1.29, 1.82) is 0 Å². The third-order valence-electron chi connectivity index (χ3n) is 10.8. The van der Waals surface area contributed by atoms with Gasteiger partial charge in [-0.05, 0) is 101 Å². The molecule has 4 saturated carbocycles. The van der Waals surface area contributed by atoms with Crippen LogP contribution in [0.2, 0.25) is 0 Å². The standard InChI is InChI=1S/C31H46Cl2N2O10/c32-23-10-15(1-5-21(23)27(36)34-26-13-18(29(39)40)4-7-22(26)31(43)44)9-16-2-8-25(24(33)11-16)35-45-14-19-12-17(28(37)38)3-6-20(19)30(41)42/h15-26,35H,1-14H2,(H,34,36)(H,37,38)(H,39,40)(H,41,42)(H,43,44). The average Bonchev–Trinajstić information content (AvgIpc) is 2.97. The minimum atomic E-state index is -1.03. The predicted octanol–water partition coefficient (Wildman–Crippen LogP) is 3.97. The first kappa shape index (κ1) is 35.7. The smallest absolute Gasteiger partial charge is 0.308 e. The highest BCUT2D eigenvalue weighted by Crippen LogP contribution is 2.41. The molecule has 254 valence electrons. The highest BCUT2D eigenvalue weighted by molar-refractivity contribution is 6.22. The molecular formula is C31H46Cl2N2O10. The van der Waals surface area contributed by atoms with E-state index in [1.807, 2.05) is 0 Å². The topological polar surface area (TPSA) is 200 Å². The summed E-state index contributed by atoms with van der Waals surface area (Å²) in [4.78, 5) is 65.2. The van der Waals surface area contributed by atoms with E-state index in [1.165, 1.54) is 0 Å². The van der Waals surface area contributed by atoms with Crippen LogP contribution in [0.15, 0.2) is 0 Å². The number of hydrogen-bond donors (Lipinski definition) is 6. The Morgan fingerprint density at radius 1 is 0.600 bits per heavy atom. The summed E-state index contributed by atoms with van der Waals surface area (Å²) in [5.41, 5.74) is 3.02. The van der Waals surface area contributed by atoms with E-state index in [0.717, 1.165) is 32.1 Å². The van der Waals surface area contributed by atoms with Crippen molar-refractivity contribution in [3.05, 3.63) is 0 Å². The first-order valence-electron chi connectivity index (χ1n) is 16.2. The van der Waals surface area contributed by atoms with Crippen molar-refractivity contribution in [2.45, 2.75) is 106 Å². The van der Waals surface area contributed by atoms with E-state index in [0.29, 0.717) is 37.5 Å². The van der Waals surface area contributed by atoms with Gasteiger partial charge in [0.15, 0.2) is 0 Å². The Kier molecular flexibility index (Phi) is 12.8. The maximum Gasteiger partial charge on any atom is 0.308 e. The van der Waals surface area contributed by atoms with E-state index in [1.54, 1.807) is 0 Å². The van der Waals surface area contributed by atoms with Crippen LogP contribution >= 0.6 is 23.2 Å². The highest BCUT2D eigenvalue weighted by Gasteiger charge is 2.42. The fourth-order valence-electron chi connectivity index (χ4n) is 8.12. The lowest BCUT2D eigenvalue weighted by Gasteiger charge is -2.39. The molecular weight excluding hydrogens is 631 g/mol. The molecule has 0 radical (unpaired) electrons. The molecule has 0 aromatic rings. The zero-order chi connectivity index (χ0) is 32.8. The van der Waals surface area contributed by atoms with Gasteiger partial charge >= 0.3 is 23.9 Å². The van der Waals surface area contributed by atoms with Crippen molar-refractivity contribution in [3.8, 4) is 0 Å². The van der Waals surface area contributed by atoms with Gasteiger partial charge in [0.1, 0.15) is 0 Å². The molecule has 0 aromatic carbocycles. The Morgan fingerprint density at radius 3 is 1.73 bits per heavy atom. The van der Waals surface area contributed by atoms with Gasteiger partial charge in [-0.2, -0.15) is 5.48 Å². The number of rotatable bonds is 12. The number of hydrogen-bond acceptors (Lipinski definition) is 7. The zero-order valence-electron chi connectivity index (χ0n) is 25.3. The minimum absolute atomic E-state index is 0.0944. The Balaban J connectivity index is 1.19. The number of carboxylic acids is 4. The van der Waals surface area contributed by atoms with Crippen LogP contribution in [0.4, 0.5) is 0 Å². The largest absolute Gasteiger partial charge is 0.481 e. The fraction of sp³-hybridized carbons (Fsp3) is 0.839. The number of amides is 1. The highest BCUT2D eigenvalue weighted by atomic mass is 35.5. The summed E-state index contributed by atoms with van der Waals surface area (Å²) in [6.45, 7) is 0.107. The van der Waals surface area contributed by atoms with Gasteiger partial charge in [-0.15, -0.1) is 23.2 Å². The monoisotopic (exact) mass is 676 g/mol. The van der Waals surface area contributed by atoms with Gasteiger partial charge in [-0.3, -0.25) is 24.0 Å². The van der Waals surface area contributed by atoms with Gasteiger partial charge in [0.2, 0.25) is 5.91 Å². The van der Waals surface area contributed by atoms with Crippen LogP contribution in [-0.4, -0.2) is 79.7 Å². The minimum Gasteiger partial charge on any atom is -0.481 e. The summed E-state index contributed by atoms with van der Waals surface area (Å²) < 4.78 is 0. The third kappa shape index (κ3) is 9.45. The molecule has 12 atom stereocenters. The van der Waals surface area contributed by atoms with Crippen molar-refractivity contribution in [2.24, 2.45) is 47.3 Å². The van der Waals surface area contributed by atoms with Crippen molar-refractivity contribution in [3.63, 3.8) is 0 Å². The number of carbonyl (C=O) groups excluding carboxylic acids is 1. The van der Waals surface area contributed by atoms with Gasteiger partial charge < -0.3 is 30.6 Å². The van der Waals surface area contributed by atoms with E-state index in [9.17, 15) is 44.4 Å². The van der Waals surface area contributed by atoms with Gasteiger partial charge in [-0.1, -0.05) is 0 Å². The van der Waals surface area contributed by atoms with Crippen LogP contribution in [0, 0.1) is 47.3 Å². The molecule has 0 saturated heterocycles. The molecule has 12 nitrogen and oxygen atoms in total. The molecule has 0 bridgehead atoms. The Hall–Kier alpha value is -2.15. The predicted molar refractivity (Wildman–Crippen MR) is 163 cm³/mol. The summed E-state index contributed by atoms with van der Waals surface area (Å²) in [6, 6.07) is -0.844. The number of halogens is 2. The number of carbonyl (C=O) groups is 5. The molecule has 0 aromatic heterocycles. The maximum atomic E-state index is 13.2. The van der Waals surface area contributed by atoms with Gasteiger partial charge in [0.25, 0.3) is 0 Å². The van der Waals surface area contributed by atoms with E-state index in [2.05, 4.69) is 10.8 Å². The summed E-state index contributed by atoms with van der Waals surface area (Å²) >= 11 is 13.5. The van der Waals surface area contributed by atoms with E-state index >= 15 is 0 Å². The second-order valence-corrected chi connectivity index (χ2v) is 14.8. The Bertz CT molecular complexity index is 1090. The van der Waals surface area contributed by atoms with Crippen LogP contribution < -0.4 is 10.8 Å². The van der Waals surface area contributed by atoms with Crippen LogP contribution in [0.3, 0.4) is 0 Å². The maximum absolute atomic E-state index is 13.2. The lowest BCUT2D eigenvalue weighted by Crippen LogP contribution is -2.51. The van der Waals surface area contributed by atoms with Gasteiger partial charge in [0, 0.05) is 17.5 Å². The normalized spacial score (nSPS) is 39.0. The molecule has 4 rings (SSSR count). The average molecular weight is 678 g/mol. The van der Waals surface area contributed by atoms with E-state index in [-0.39, 0.29) is 49.6 Å². The second-order valence-electron chi connectivity index (χ2n) is 13.7. The van der Waals surface area contributed by atoms with E-state index < -0.39 is 70.8 Å². The van der Waals surface area contributed by atoms with Crippen LogP contribution in [0.1, 0.15) is 83.5 Å². The molecule has 0 aliphatic heterocycles. The first-order valence-corrected chi connectivity index (χ1v) is 17.1. The second kappa shape index (κ2) is 16.1.